The highest BCUT2D eigenvalue weighted by Crippen LogP contribution is 2.07. The smallest absolute Gasteiger partial charge is 0.159 e. The molecule has 0 spiro atoms. The number of carbonyl (C=O) groups excluding carboxylic acids is 2. The molecular formula is C7H13NO2S2. The van der Waals surface area contributed by atoms with Crippen molar-refractivity contribution in [3.05, 3.63) is 0 Å². The molecule has 3 nitrogen and oxygen atoms in total. The van der Waals surface area contributed by atoms with Crippen LogP contribution in [-0.2, 0) is 9.59 Å². The average molecular weight is 207 g/mol. The molecule has 1 atom stereocenters. The molecule has 0 aliphatic rings. The molecule has 0 radical (unpaired) electrons. The van der Waals surface area contributed by atoms with Gasteiger partial charge in [-0.2, -0.15) is 25.3 Å². The summed E-state index contributed by atoms with van der Waals surface area (Å²) in [5, 5.41) is 0. The highest BCUT2D eigenvalue weighted by Gasteiger charge is 2.20. The summed E-state index contributed by atoms with van der Waals surface area (Å²) in [6.45, 7) is 1.67. The number of thiol groups is 2. The van der Waals surface area contributed by atoms with E-state index in [0.717, 1.165) is 0 Å². The van der Waals surface area contributed by atoms with Crippen molar-refractivity contribution in [3.8, 4) is 0 Å². The molecule has 0 bridgehead atoms. The minimum atomic E-state index is -0.989. The summed E-state index contributed by atoms with van der Waals surface area (Å²) in [4.78, 5) is 22.0. The molecule has 12 heavy (non-hydrogen) atoms. The Bertz CT molecular complexity index is 182. The molecule has 70 valence electrons. The topological polar surface area (TPSA) is 60.2 Å². The van der Waals surface area contributed by atoms with Gasteiger partial charge in [-0.05, 0) is 0 Å². The van der Waals surface area contributed by atoms with Crippen molar-refractivity contribution in [1.82, 2.24) is 0 Å². The van der Waals surface area contributed by atoms with Crippen molar-refractivity contribution < 1.29 is 9.59 Å². The number of Topliss-reactive ketones (excluding diaryl/α,β-unsaturated/α-hetero) is 2. The van der Waals surface area contributed by atoms with Crippen LogP contribution in [0.5, 0.6) is 0 Å². The molecule has 0 aliphatic carbocycles. The van der Waals surface area contributed by atoms with Gasteiger partial charge in [0, 0.05) is 12.8 Å². The van der Waals surface area contributed by atoms with Crippen LogP contribution in [0.1, 0.15) is 19.8 Å². The molecule has 2 N–H and O–H groups in total. The molecule has 0 aromatic carbocycles. The Morgan fingerprint density at radius 2 is 1.83 bits per heavy atom. The van der Waals surface area contributed by atoms with Crippen LogP contribution in [-0.4, -0.2) is 22.2 Å². The van der Waals surface area contributed by atoms with E-state index in [1.165, 1.54) is 0 Å². The van der Waals surface area contributed by atoms with E-state index in [2.05, 4.69) is 25.3 Å². The van der Waals surface area contributed by atoms with E-state index in [-0.39, 0.29) is 29.0 Å². The Morgan fingerprint density at radius 3 is 2.17 bits per heavy atom. The van der Waals surface area contributed by atoms with Crippen LogP contribution in [0.15, 0.2) is 0 Å². The molecule has 0 aromatic heterocycles. The standard InChI is InChI=1S/C7H13NO2S2/c1-2-4(9)7(8)5(10)3-6(11)12/h6-7,11-12H,2-3,8H2,1H3. The number of rotatable bonds is 5. The Morgan fingerprint density at radius 1 is 1.33 bits per heavy atom. The third-order valence-electron chi connectivity index (χ3n) is 1.43. The Balaban J connectivity index is 4.01. The Hall–Kier alpha value is 0. The molecule has 0 heterocycles. The molecule has 0 rings (SSSR count). The fraction of sp³-hybridized carbons (Fsp3) is 0.714. The molecule has 0 aliphatic heterocycles. The van der Waals surface area contributed by atoms with Gasteiger partial charge in [0.2, 0.25) is 0 Å². The lowest BCUT2D eigenvalue weighted by atomic mass is 10.1. The maximum atomic E-state index is 11.1. The van der Waals surface area contributed by atoms with Gasteiger partial charge < -0.3 is 5.73 Å². The highest BCUT2D eigenvalue weighted by atomic mass is 32.2. The van der Waals surface area contributed by atoms with E-state index in [1.807, 2.05) is 0 Å². The van der Waals surface area contributed by atoms with Gasteiger partial charge in [0.05, 0.1) is 4.58 Å². The van der Waals surface area contributed by atoms with Gasteiger partial charge in [0.25, 0.3) is 0 Å². The van der Waals surface area contributed by atoms with Crippen molar-refractivity contribution in [2.45, 2.75) is 30.4 Å². The Kier molecular flexibility index (Phi) is 5.61. The summed E-state index contributed by atoms with van der Waals surface area (Å²) in [6.07, 6.45) is 0.413. The van der Waals surface area contributed by atoms with Crippen LogP contribution >= 0.6 is 25.3 Å². The van der Waals surface area contributed by atoms with Crippen molar-refractivity contribution in [2.75, 3.05) is 0 Å². The first-order valence-electron chi connectivity index (χ1n) is 3.66. The minimum Gasteiger partial charge on any atom is -0.315 e. The van der Waals surface area contributed by atoms with E-state index >= 15 is 0 Å². The summed E-state index contributed by atoms with van der Waals surface area (Å²) in [5.41, 5.74) is 5.35. The average Bonchev–Trinajstić information content (AvgIpc) is 2.00. The van der Waals surface area contributed by atoms with Gasteiger partial charge in [-0.3, -0.25) is 9.59 Å². The van der Waals surface area contributed by atoms with Crippen molar-refractivity contribution in [3.63, 3.8) is 0 Å². The van der Waals surface area contributed by atoms with Crippen molar-refractivity contribution in [1.29, 1.82) is 0 Å². The van der Waals surface area contributed by atoms with Crippen LogP contribution in [0, 0.1) is 0 Å². The molecule has 5 heteroatoms. The lowest BCUT2D eigenvalue weighted by Crippen LogP contribution is -2.38. The highest BCUT2D eigenvalue weighted by molar-refractivity contribution is 7.99. The van der Waals surface area contributed by atoms with Crippen LogP contribution in [0.4, 0.5) is 0 Å². The number of nitrogens with two attached hydrogens (primary N) is 1. The lowest BCUT2D eigenvalue weighted by Gasteiger charge is -2.08. The monoisotopic (exact) mass is 207 g/mol. The molecular weight excluding hydrogens is 194 g/mol. The quantitative estimate of drug-likeness (QED) is 0.348. The summed E-state index contributed by atoms with van der Waals surface area (Å²) in [7, 11) is 0. The summed E-state index contributed by atoms with van der Waals surface area (Å²) >= 11 is 7.81. The fourth-order valence-corrected chi connectivity index (χ4v) is 1.07. The third kappa shape index (κ3) is 4.13. The van der Waals surface area contributed by atoms with Crippen LogP contribution < -0.4 is 5.73 Å². The molecule has 0 amide bonds. The van der Waals surface area contributed by atoms with Gasteiger partial charge in [-0.25, -0.2) is 0 Å². The molecule has 0 saturated carbocycles. The first-order valence-corrected chi connectivity index (χ1v) is 4.69. The first-order chi connectivity index (χ1) is 5.49. The summed E-state index contributed by atoms with van der Waals surface area (Å²) in [6, 6.07) is -0.989. The summed E-state index contributed by atoms with van der Waals surface area (Å²) in [5.74, 6) is -0.529. The zero-order valence-corrected chi connectivity index (χ0v) is 8.65. The molecule has 1 unspecified atom stereocenters. The van der Waals surface area contributed by atoms with Gasteiger partial charge in [-0.1, -0.05) is 6.92 Å². The van der Waals surface area contributed by atoms with E-state index in [9.17, 15) is 9.59 Å². The minimum absolute atomic E-state index is 0.124. The molecule has 0 aromatic rings. The number of carbonyl (C=O) groups is 2. The largest absolute Gasteiger partial charge is 0.315 e. The summed E-state index contributed by atoms with van der Waals surface area (Å²) < 4.78 is -0.340. The maximum Gasteiger partial charge on any atom is 0.159 e. The van der Waals surface area contributed by atoms with Gasteiger partial charge in [-0.15, -0.1) is 0 Å². The lowest BCUT2D eigenvalue weighted by molar-refractivity contribution is -0.128. The number of hydrogen-bond donors (Lipinski definition) is 3. The van der Waals surface area contributed by atoms with E-state index < -0.39 is 6.04 Å². The van der Waals surface area contributed by atoms with Gasteiger partial charge in [0.15, 0.2) is 11.6 Å². The maximum absolute atomic E-state index is 11.1. The third-order valence-corrected chi connectivity index (χ3v) is 1.79. The SMILES string of the molecule is CCC(=O)C(N)C(=O)CC(S)S. The van der Waals surface area contributed by atoms with Crippen LogP contribution in [0.2, 0.25) is 0 Å². The first kappa shape index (κ1) is 12.0. The van der Waals surface area contributed by atoms with Crippen molar-refractivity contribution in [2.24, 2.45) is 5.73 Å². The predicted molar refractivity (Wildman–Crippen MR) is 54.7 cm³/mol. The normalized spacial score (nSPS) is 13.1. The number of hydrogen-bond acceptors (Lipinski definition) is 5. The Labute approximate surface area is 82.9 Å². The van der Waals surface area contributed by atoms with Gasteiger partial charge in [0.1, 0.15) is 6.04 Å². The second-order valence-corrected chi connectivity index (χ2v) is 4.10. The van der Waals surface area contributed by atoms with Crippen LogP contribution in [0.3, 0.4) is 0 Å². The van der Waals surface area contributed by atoms with E-state index in [4.69, 9.17) is 5.73 Å². The van der Waals surface area contributed by atoms with Crippen molar-refractivity contribution >= 4 is 36.8 Å². The molecule has 0 saturated heterocycles. The number of ketones is 2. The zero-order valence-electron chi connectivity index (χ0n) is 6.86. The second-order valence-electron chi connectivity index (χ2n) is 2.45. The molecule has 0 fully saturated rings. The van der Waals surface area contributed by atoms with Crippen LogP contribution in [0.25, 0.3) is 0 Å². The zero-order chi connectivity index (χ0) is 9.72. The second kappa shape index (κ2) is 5.61. The van der Waals surface area contributed by atoms with E-state index in [0.29, 0.717) is 0 Å². The predicted octanol–water partition coefficient (Wildman–Crippen LogP) is 0.438. The van der Waals surface area contributed by atoms with E-state index in [1.54, 1.807) is 6.92 Å². The fourth-order valence-electron chi connectivity index (χ4n) is 0.706. The van der Waals surface area contributed by atoms with Gasteiger partial charge >= 0.3 is 0 Å².